The van der Waals surface area contributed by atoms with Gasteiger partial charge in [-0.25, -0.2) is 19.3 Å². The zero-order chi connectivity index (χ0) is 15.4. The van der Waals surface area contributed by atoms with Crippen molar-refractivity contribution in [2.75, 3.05) is 13.2 Å². The van der Waals surface area contributed by atoms with E-state index in [1.807, 2.05) is 24.3 Å². The molecule has 112 valence electrons. The maximum absolute atomic E-state index is 12.7. The number of imidazole rings is 1. The molecule has 0 unspecified atom stereocenters. The lowest BCUT2D eigenvalue weighted by molar-refractivity contribution is 0.153. The van der Waals surface area contributed by atoms with E-state index in [2.05, 4.69) is 16.5 Å². The van der Waals surface area contributed by atoms with E-state index in [0.29, 0.717) is 25.7 Å². The Kier molecular flexibility index (Phi) is 4.11. The predicted molar refractivity (Wildman–Crippen MR) is 84.1 cm³/mol. The van der Waals surface area contributed by atoms with Gasteiger partial charge in [-0.1, -0.05) is 18.2 Å². The Labute approximate surface area is 127 Å². The molecule has 2 aromatic heterocycles. The SMILES string of the molecule is C=CCOCCn1c(=O)n(-c2ncccn2)c2ccccc21. The molecule has 0 amide bonds. The molecule has 0 aliphatic carbocycles. The smallest absolute Gasteiger partial charge is 0.336 e. The molecule has 2 heterocycles. The van der Waals surface area contributed by atoms with Crippen LogP contribution in [0.15, 0.2) is 60.2 Å². The standard InChI is InChI=1S/C16H16N4O2/c1-2-11-22-12-10-19-13-6-3-4-7-14(13)20(16(19)21)15-17-8-5-9-18-15/h2-9H,1,10-12H2. The van der Waals surface area contributed by atoms with E-state index in [9.17, 15) is 4.79 Å². The molecule has 1 aromatic carbocycles. The molecule has 3 rings (SSSR count). The van der Waals surface area contributed by atoms with Gasteiger partial charge in [-0.2, -0.15) is 0 Å². The van der Waals surface area contributed by atoms with Crippen molar-refractivity contribution in [3.05, 3.63) is 65.9 Å². The van der Waals surface area contributed by atoms with Gasteiger partial charge >= 0.3 is 5.69 Å². The van der Waals surface area contributed by atoms with E-state index in [4.69, 9.17) is 4.74 Å². The van der Waals surface area contributed by atoms with Gasteiger partial charge in [0.15, 0.2) is 0 Å². The molecule has 0 atom stereocenters. The van der Waals surface area contributed by atoms with E-state index >= 15 is 0 Å². The highest BCUT2D eigenvalue weighted by Gasteiger charge is 2.15. The summed E-state index contributed by atoms with van der Waals surface area (Å²) in [6.07, 6.45) is 4.92. The summed E-state index contributed by atoms with van der Waals surface area (Å²) in [4.78, 5) is 21.1. The molecule has 0 saturated heterocycles. The average molecular weight is 296 g/mol. The van der Waals surface area contributed by atoms with Crippen LogP contribution in [0, 0.1) is 0 Å². The van der Waals surface area contributed by atoms with Gasteiger partial charge in [-0.3, -0.25) is 4.57 Å². The second kappa shape index (κ2) is 6.36. The summed E-state index contributed by atoms with van der Waals surface area (Å²) in [6, 6.07) is 9.30. The number of hydrogen-bond acceptors (Lipinski definition) is 4. The number of aromatic nitrogens is 4. The van der Waals surface area contributed by atoms with Crippen molar-refractivity contribution in [3.8, 4) is 5.95 Å². The maximum Gasteiger partial charge on any atom is 0.336 e. The number of para-hydroxylation sites is 2. The third-order valence-electron chi connectivity index (χ3n) is 3.28. The van der Waals surface area contributed by atoms with Gasteiger partial charge in [0.2, 0.25) is 5.95 Å². The molecule has 0 N–H and O–H groups in total. The van der Waals surface area contributed by atoms with Gasteiger partial charge in [0, 0.05) is 12.4 Å². The molecular formula is C16H16N4O2. The minimum atomic E-state index is -0.172. The van der Waals surface area contributed by atoms with Gasteiger partial charge in [-0.15, -0.1) is 6.58 Å². The highest BCUT2D eigenvalue weighted by atomic mass is 16.5. The Balaban J connectivity index is 2.08. The van der Waals surface area contributed by atoms with E-state index < -0.39 is 0 Å². The lowest BCUT2D eigenvalue weighted by atomic mass is 10.3. The maximum atomic E-state index is 12.7. The summed E-state index contributed by atoms with van der Waals surface area (Å²) in [5, 5.41) is 0. The van der Waals surface area contributed by atoms with Crippen molar-refractivity contribution in [3.63, 3.8) is 0 Å². The van der Waals surface area contributed by atoms with Crippen molar-refractivity contribution in [1.29, 1.82) is 0 Å². The van der Waals surface area contributed by atoms with Crippen LogP contribution in [0.2, 0.25) is 0 Å². The van der Waals surface area contributed by atoms with Crippen LogP contribution in [-0.4, -0.2) is 32.3 Å². The zero-order valence-corrected chi connectivity index (χ0v) is 12.1. The van der Waals surface area contributed by atoms with Crippen LogP contribution in [0.5, 0.6) is 0 Å². The van der Waals surface area contributed by atoms with E-state index in [1.165, 1.54) is 4.57 Å². The highest BCUT2D eigenvalue weighted by Crippen LogP contribution is 2.15. The first-order valence-corrected chi connectivity index (χ1v) is 6.99. The summed E-state index contributed by atoms with van der Waals surface area (Å²) in [5.74, 6) is 0.370. The van der Waals surface area contributed by atoms with Crippen LogP contribution < -0.4 is 5.69 Å². The van der Waals surface area contributed by atoms with Gasteiger partial charge in [-0.05, 0) is 18.2 Å². The number of benzene rings is 1. The van der Waals surface area contributed by atoms with Crippen molar-refractivity contribution in [1.82, 2.24) is 19.1 Å². The number of rotatable bonds is 6. The predicted octanol–water partition coefficient (Wildman–Crippen LogP) is 1.78. The molecule has 6 heteroatoms. The fourth-order valence-electron chi connectivity index (χ4n) is 2.35. The third-order valence-corrected chi connectivity index (χ3v) is 3.28. The van der Waals surface area contributed by atoms with Gasteiger partial charge in [0.05, 0.1) is 30.8 Å². The molecule has 0 saturated carbocycles. The first-order valence-electron chi connectivity index (χ1n) is 6.99. The van der Waals surface area contributed by atoms with Crippen molar-refractivity contribution in [2.24, 2.45) is 0 Å². The van der Waals surface area contributed by atoms with E-state index in [1.54, 1.807) is 29.1 Å². The quantitative estimate of drug-likeness (QED) is 0.514. The number of nitrogens with zero attached hydrogens (tertiary/aromatic N) is 4. The molecule has 0 aliphatic rings. The van der Waals surface area contributed by atoms with Crippen molar-refractivity contribution >= 4 is 11.0 Å². The lowest BCUT2D eigenvalue weighted by Crippen LogP contribution is -2.26. The fraction of sp³-hybridized carbons (Fsp3) is 0.188. The van der Waals surface area contributed by atoms with Crippen molar-refractivity contribution < 1.29 is 4.74 Å². The number of hydrogen-bond donors (Lipinski definition) is 0. The molecule has 0 bridgehead atoms. The molecule has 0 aliphatic heterocycles. The summed E-state index contributed by atoms with van der Waals surface area (Å²) in [7, 11) is 0. The molecule has 0 fully saturated rings. The number of ether oxygens (including phenoxy) is 1. The normalized spacial score (nSPS) is 10.9. The molecule has 0 radical (unpaired) electrons. The Hall–Kier alpha value is -2.73. The summed E-state index contributed by atoms with van der Waals surface area (Å²) in [5.41, 5.74) is 1.44. The van der Waals surface area contributed by atoms with Crippen LogP contribution in [0.25, 0.3) is 17.0 Å². The Morgan fingerprint density at radius 1 is 1.14 bits per heavy atom. The van der Waals surface area contributed by atoms with Gasteiger partial charge in [0.1, 0.15) is 0 Å². The molecule has 6 nitrogen and oxygen atoms in total. The van der Waals surface area contributed by atoms with Gasteiger partial charge < -0.3 is 4.74 Å². The van der Waals surface area contributed by atoms with Crippen LogP contribution in [0.4, 0.5) is 0 Å². The first-order chi connectivity index (χ1) is 10.8. The van der Waals surface area contributed by atoms with Gasteiger partial charge in [0.25, 0.3) is 0 Å². The second-order valence-electron chi connectivity index (χ2n) is 4.67. The number of fused-ring (bicyclic) bond motifs is 1. The Morgan fingerprint density at radius 2 is 1.86 bits per heavy atom. The minimum Gasteiger partial charge on any atom is -0.376 e. The second-order valence-corrected chi connectivity index (χ2v) is 4.67. The van der Waals surface area contributed by atoms with Crippen LogP contribution >= 0.6 is 0 Å². The minimum absolute atomic E-state index is 0.172. The first kappa shape index (κ1) is 14.2. The largest absolute Gasteiger partial charge is 0.376 e. The topological polar surface area (TPSA) is 61.9 Å². The lowest BCUT2D eigenvalue weighted by Gasteiger charge is -2.03. The molecule has 0 spiro atoms. The van der Waals surface area contributed by atoms with Crippen molar-refractivity contribution in [2.45, 2.75) is 6.54 Å². The Morgan fingerprint density at radius 3 is 2.59 bits per heavy atom. The fourth-order valence-corrected chi connectivity index (χ4v) is 2.35. The summed E-state index contributed by atoms with van der Waals surface area (Å²) < 4.78 is 8.58. The Bertz CT molecular complexity index is 836. The van der Waals surface area contributed by atoms with Crippen LogP contribution in [-0.2, 0) is 11.3 Å². The monoisotopic (exact) mass is 296 g/mol. The van der Waals surface area contributed by atoms with E-state index in [0.717, 1.165) is 11.0 Å². The molecule has 22 heavy (non-hydrogen) atoms. The van der Waals surface area contributed by atoms with Crippen LogP contribution in [0.1, 0.15) is 0 Å². The summed E-state index contributed by atoms with van der Waals surface area (Å²) >= 11 is 0. The summed E-state index contributed by atoms with van der Waals surface area (Å²) in [6.45, 7) is 4.98. The average Bonchev–Trinajstić information content (AvgIpc) is 2.84. The molecule has 3 aromatic rings. The highest BCUT2D eigenvalue weighted by molar-refractivity contribution is 5.77. The third kappa shape index (κ3) is 2.56. The molecular weight excluding hydrogens is 280 g/mol. The van der Waals surface area contributed by atoms with E-state index in [-0.39, 0.29) is 5.69 Å². The zero-order valence-electron chi connectivity index (χ0n) is 12.1. The van der Waals surface area contributed by atoms with Crippen LogP contribution in [0.3, 0.4) is 0 Å².